The Morgan fingerprint density at radius 2 is 1.57 bits per heavy atom. The lowest BCUT2D eigenvalue weighted by molar-refractivity contribution is -0.114. The topological polar surface area (TPSA) is 80.9 Å². The summed E-state index contributed by atoms with van der Waals surface area (Å²) < 4.78 is 1.70. The van der Waals surface area contributed by atoms with Crippen LogP contribution in [-0.2, 0) is 4.79 Å². The number of hydrogen-bond donors (Lipinski definition) is 2. The molecule has 0 unspecified atom stereocenters. The summed E-state index contributed by atoms with van der Waals surface area (Å²) in [6.07, 6.45) is 3.23. The zero-order valence-electron chi connectivity index (χ0n) is 12.5. The highest BCUT2D eigenvalue weighted by molar-refractivity contribution is 9.10. The van der Waals surface area contributed by atoms with E-state index in [1.807, 2.05) is 13.8 Å². The van der Waals surface area contributed by atoms with Crippen molar-refractivity contribution in [3.05, 3.63) is 42.8 Å². The van der Waals surface area contributed by atoms with E-state index in [1.54, 1.807) is 12.4 Å². The van der Waals surface area contributed by atoms with Gasteiger partial charge >= 0.3 is 0 Å². The fourth-order valence-corrected chi connectivity index (χ4v) is 2.48. The third-order valence-electron chi connectivity index (χ3n) is 2.81. The number of nitrogens with one attached hydrogen (secondary N) is 1. The van der Waals surface area contributed by atoms with Gasteiger partial charge in [-0.1, -0.05) is 23.2 Å². The van der Waals surface area contributed by atoms with Crippen LogP contribution in [-0.4, -0.2) is 15.9 Å². The van der Waals surface area contributed by atoms with E-state index in [9.17, 15) is 4.79 Å². The fraction of sp³-hybridized carbons (Fsp3) is 0.214. The first-order valence-electron chi connectivity index (χ1n) is 6.29. The van der Waals surface area contributed by atoms with Gasteiger partial charge in [0.1, 0.15) is 0 Å². The van der Waals surface area contributed by atoms with Gasteiger partial charge in [0.25, 0.3) is 0 Å². The molecule has 3 N–H and O–H groups in total. The van der Waals surface area contributed by atoms with E-state index in [4.69, 9.17) is 28.9 Å². The van der Waals surface area contributed by atoms with E-state index in [0.717, 1.165) is 20.1 Å². The maximum Gasteiger partial charge on any atom is 0.221 e. The minimum Gasteiger partial charge on any atom is -0.396 e. The van der Waals surface area contributed by atoms with E-state index in [-0.39, 0.29) is 5.91 Å². The van der Waals surface area contributed by atoms with Crippen molar-refractivity contribution in [1.82, 2.24) is 9.97 Å². The van der Waals surface area contributed by atoms with E-state index < -0.39 is 0 Å². The van der Waals surface area contributed by atoms with Gasteiger partial charge in [0.15, 0.2) is 10.3 Å². The largest absolute Gasteiger partial charge is 0.396 e. The summed E-state index contributed by atoms with van der Waals surface area (Å²) in [6.45, 7) is 5.16. The van der Waals surface area contributed by atoms with Crippen LogP contribution in [0.4, 0.5) is 11.4 Å². The van der Waals surface area contributed by atoms with Crippen LogP contribution < -0.4 is 11.1 Å². The molecule has 2 heterocycles. The zero-order valence-corrected chi connectivity index (χ0v) is 17.2. The van der Waals surface area contributed by atoms with Crippen molar-refractivity contribution in [3.8, 4) is 0 Å². The minimum atomic E-state index is -0.162. The molecule has 0 aromatic carbocycles. The van der Waals surface area contributed by atoms with Gasteiger partial charge in [-0.25, -0.2) is 9.97 Å². The highest BCUT2D eigenvalue weighted by Gasteiger charge is 2.09. The Kier molecular flexibility index (Phi) is 7.73. The molecule has 2 aromatic heterocycles. The number of carbonyl (C=O) groups is 1. The molecule has 0 aliphatic heterocycles. The van der Waals surface area contributed by atoms with Crippen molar-refractivity contribution < 1.29 is 4.79 Å². The zero-order chi connectivity index (χ0) is 17.7. The number of nitrogen functional groups attached to an aromatic ring is 1. The summed E-state index contributed by atoms with van der Waals surface area (Å²) >= 11 is 18.0. The van der Waals surface area contributed by atoms with Gasteiger partial charge < -0.3 is 11.1 Å². The lowest BCUT2D eigenvalue weighted by atomic mass is 10.2. The summed E-state index contributed by atoms with van der Waals surface area (Å²) in [5, 5.41) is 3.28. The van der Waals surface area contributed by atoms with Crippen LogP contribution in [0.5, 0.6) is 0 Å². The normalized spacial score (nSPS) is 9.87. The summed E-state index contributed by atoms with van der Waals surface area (Å²) in [7, 11) is 0. The van der Waals surface area contributed by atoms with Gasteiger partial charge in [0.05, 0.1) is 11.4 Å². The second-order valence-corrected chi connectivity index (χ2v) is 6.94. The van der Waals surface area contributed by atoms with Crippen molar-refractivity contribution in [3.63, 3.8) is 0 Å². The van der Waals surface area contributed by atoms with Crippen LogP contribution in [0.1, 0.15) is 18.1 Å². The molecule has 0 atom stereocenters. The maximum absolute atomic E-state index is 10.8. The number of hydrogen-bond acceptors (Lipinski definition) is 4. The van der Waals surface area contributed by atoms with Crippen molar-refractivity contribution in [1.29, 1.82) is 0 Å². The first-order chi connectivity index (χ1) is 10.6. The number of carbonyl (C=O) groups excluding carboxylic acids is 1. The molecule has 0 radical (unpaired) electrons. The van der Waals surface area contributed by atoms with Gasteiger partial charge in [-0.2, -0.15) is 0 Å². The lowest BCUT2D eigenvalue weighted by Gasteiger charge is -2.08. The highest BCUT2D eigenvalue weighted by atomic mass is 79.9. The Balaban J connectivity index is 0.000000238. The molecule has 0 saturated carbocycles. The molecule has 23 heavy (non-hydrogen) atoms. The van der Waals surface area contributed by atoms with E-state index in [2.05, 4.69) is 47.1 Å². The molecule has 1 amide bonds. The molecule has 0 bridgehead atoms. The maximum atomic E-state index is 10.8. The second-order valence-electron chi connectivity index (χ2n) is 4.51. The Hall–Kier alpha value is -0.890. The molecule has 0 saturated heterocycles. The van der Waals surface area contributed by atoms with Crippen molar-refractivity contribution >= 4 is 72.3 Å². The number of rotatable bonds is 1. The van der Waals surface area contributed by atoms with Crippen LogP contribution in [0.2, 0.25) is 10.3 Å². The van der Waals surface area contributed by atoms with Crippen molar-refractivity contribution in [2.45, 2.75) is 20.8 Å². The SMILES string of the molecule is CC(=O)Nc1c(Cl)ncc(Br)c1C.Cc1c(Br)cnc(Cl)c1N. The van der Waals surface area contributed by atoms with Crippen LogP contribution in [0.25, 0.3) is 0 Å². The summed E-state index contributed by atoms with van der Waals surface area (Å²) in [5.74, 6) is -0.162. The average molecular weight is 485 g/mol. The average Bonchev–Trinajstić information content (AvgIpc) is 2.50. The molecule has 0 spiro atoms. The molecule has 5 nitrogen and oxygen atoms in total. The van der Waals surface area contributed by atoms with Crippen molar-refractivity contribution in [2.75, 3.05) is 11.1 Å². The summed E-state index contributed by atoms with van der Waals surface area (Å²) in [4.78, 5) is 18.5. The van der Waals surface area contributed by atoms with Crippen molar-refractivity contribution in [2.24, 2.45) is 0 Å². The quantitative estimate of drug-likeness (QED) is 0.548. The number of anilines is 2. The summed E-state index contributed by atoms with van der Waals surface area (Å²) in [6, 6.07) is 0. The lowest BCUT2D eigenvalue weighted by Crippen LogP contribution is -2.08. The predicted molar refractivity (Wildman–Crippen MR) is 102 cm³/mol. The minimum absolute atomic E-state index is 0.162. The van der Waals surface area contributed by atoms with Gasteiger partial charge in [-0.15, -0.1) is 0 Å². The Morgan fingerprint density at radius 3 is 2.04 bits per heavy atom. The van der Waals surface area contributed by atoms with Crippen LogP contribution in [0.3, 0.4) is 0 Å². The third kappa shape index (κ3) is 5.60. The first kappa shape index (κ1) is 20.2. The number of nitrogens with zero attached hydrogens (tertiary/aromatic N) is 2. The first-order valence-corrected chi connectivity index (χ1v) is 8.63. The third-order valence-corrected chi connectivity index (χ3v) is 4.99. The van der Waals surface area contributed by atoms with Gasteiger partial charge in [-0.05, 0) is 56.8 Å². The summed E-state index contributed by atoms with van der Waals surface area (Å²) in [5.41, 5.74) is 8.46. The highest BCUT2D eigenvalue weighted by Crippen LogP contribution is 2.29. The predicted octanol–water partition coefficient (Wildman–Crippen LogP) is 5.15. The number of amides is 1. The number of halogens is 4. The van der Waals surface area contributed by atoms with Gasteiger partial charge in [-0.3, -0.25) is 4.79 Å². The smallest absolute Gasteiger partial charge is 0.221 e. The Bertz CT molecular complexity index is 714. The van der Waals surface area contributed by atoms with Crippen LogP contribution >= 0.6 is 55.1 Å². The molecule has 124 valence electrons. The van der Waals surface area contributed by atoms with Gasteiger partial charge in [0, 0.05) is 28.3 Å². The molecular weight excluding hydrogens is 471 g/mol. The van der Waals surface area contributed by atoms with Crippen LogP contribution in [0, 0.1) is 13.8 Å². The standard InChI is InChI=1S/C8H8BrClN2O.C6H6BrClN2/c1-4-6(9)3-11-8(10)7(4)12-5(2)13;1-3-4(7)2-10-6(8)5(3)9/h3H,1-2H3,(H,12,13);2H,9H2,1H3. The number of pyridine rings is 2. The molecule has 2 aromatic rings. The molecule has 9 heteroatoms. The second kappa shape index (κ2) is 8.82. The van der Waals surface area contributed by atoms with Gasteiger partial charge in [0.2, 0.25) is 5.91 Å². The van der Waals surface area contributed by atoms with E-state index in [0.29, 0.717) is 21.7 Å². The van der Waals surface area contributed by atoms with E-state index >= 15 is 0 Å². The van der Waals surface area contributed by atoms with E-state index in [1.165, 1.54) is 6.92 Å². The Morgan fingerprint density at radius 1 is 1.09 bits per heavy atom. The van der Waals surface area contributed by atoms with Crippen LogP contribution in [0.15, 0.2) is 21.3 Å². The molecular formula is C14H14Br2Cl2N4O. The number of nitrogens with two attached hydrogens (primary N) is 1. The molecule has 0 fully saturated rings. The molecule has 2 rings (SSSR count). The molecule has 0 aliphatic rings. The molecule has 0 aliphatic carbocycles. The number of aromatic nitrogens is 2. The fourth-order valence-electron chi connectivity index (χ4n) is 1.43. The monoisotopic (exact) mass is 482 g/mol. The Labute approximate surface area is 161 Å².